The van der Waals surface area contributed by atoms with Crippen molar-refractivity contribution in [1.82, 2.24) is 0 Å². The molecule has 0 spiro atoms. The van der Waals surface area contributed by atoms with Crippen LogP contribution in [-0.4, -0.2) is 13.6 Å². The molecule has 0 aromatic heterocycles. The van der Waals surface area contributed by atoms with Crippen molar-refractivity contribution in [3.05, 3.63) is 29.8 Å². The Morgan fingerprint density at radius 3 is 2.64 bits per heavy atom. The third-order valence-electron chi connectivity index (χ3n) is 1.72. The van der Waals surface area contributed by atoms with E-state index in [2.05, 4.69) is 0 Å². The van der Waals surface area contributed by atoms with Gasteiger partial charge in [-0.3, -0.25) is 4.79 Å². The summed E-state index contributed by atoms with van der Waals surface area (Å²) in [5.41, 5.74) is 1.00. The zero-order chi connectivity index (χ0) is 10.4. The van der Waals surface area contributed by atoms with Gasteiger partial charge in [-0.05, 0) is 24.6 Å². The quantitative estimate of drug-likeness (QED) is 0.686. The van der Waals surface area contributed by atoms with Crippen LogP contribution in [-0.2, 0) is 4.79 Å². The second kappa shape index (κ2) is 5.07. The molecule has 0 saturated carbocycles. The summed E-state index contributed by atoms with van der Waals surface area (Å²) in [7, 11) is 1.53. The van der Waals surface area contributed by atoms with Crippen LogP contribution in [0.15, 0.2) is 24.3 Å². The van der Waals surface area contributed by atoms with E-state index >= 15 is 0 Å². The summed E-state index contributed by atoms with van der Waals surface area (Å²) in [6, 6.07) is 5.35. The minimum atomic E-state index is 0.382. The van der Waals surface area contributed by atoms with Gasteiger partial charge in [0.15, 0.2) is 11.5 Å². The zero-order valence-corrected chi connectivity index (χ0v) is 8.19. The molecular weight excluding hydrogens is 180 g/mol. The Bertz CT molecular complexity index is 342. The molecule has 0 aliphatic rings. The molecule has 3 nitrogen and oxygen atoms in total. The topological polar surface area (TPSA) is 35.5 Å². The summed E-state index contributed by atoms with van der Waals surface area (Å²) in [5.74, 6) is 0.975. The molecule has 1 rings (SSSR count). The standard InChI is InChI=1S/C11H12O3/c1-3-4-9-5-6-10(14-8-12)11(7-9)13-2/h3-8H,1-2H3. The molecule has 1 aromatic carbocycles. The fraction of sp³-hybridized carbons (Fsp3) is 0.182. The first kappa shape index (κ1) is 10.3. The number of rotatable bonds is 4. The Balaban J connectivity index is 3.04. The lowest BCUT2D eigenvalue weighted by molar-refractivity contribution is -0.120. The van der Waals surface area contributed by atoms with Crippen molar-refractivity contribution in [1.29, 1.82) is 0 Å². The van der Waals surface area contributed by atoms with E-state index in [0.717, 1.165) is 5.56 Å². The van der Waals surface area contributed by atoms with Gasteiger partial charge < -0.3 is 9.47 Å². The second-order valence-electron chi connectivity index (χ2n) is 2.62. The molecule has 74 valence electrons. The number of hydrogen-bond acceptors (Lipinski definition) is 3. The van der Waals surface area contributed by atoms with Gasteiger partial charge >= 0.3 is 0 Å². The predicted molar refractivity (Wildman–Crippen MR) is 54.4 cm³/mol. The average Bonchev–Trinajstić information content (AvgIpc) is 2.21. The Morgan fingerprint density at radius 1 is 1.29 bits per heavy atom. The molecule has 0 heterocycles. The van der Waals surface area contributed by atoms with E-state index < -0.39 is 0 Å². The minimum Gasteiger partial charge on any atom is -0.493 e. The van der Waals surface area contributed by atoms with Crippen molar-refractivity contribution < 1.29 is 14.3 Å². The van der Waals surface area contributed by atoms with Crippen molar-refractivity contribution in [2.45, 2.75) is 6.92 Å². The summed E-state index contributed by atoms with van der Waals surface area (Å²) < 4.78 is 9.80. The number of ether oxygens (including phenoxy) is 2. The van der Waals surface area contributed by atoms with Crippen LogP contribution in [0.4, 0.5) is 0 Å². The monoisotopic (exact) mass is 192 g/mol. The van der Waals surface area contributed by atoms with E-state index in [1.807, 2.05) is 25.1 Å². The molecule has 0 N–H and O–H groups in total. The van der Waals surface area contributed by atoms with Crippen LogP contribution < -0.4 is 9.47 Å². The number of allylic oxidation sites excluding steroid dienone is 1. The van der Waals surface area contributed by atoms with Gasteiger partial charge in [0, 0.05) is 0 Å². The number of methoxy groups -OCH3 is 1. The average molecular weight is 192 g/mol. The van der Waals surface area contributed by atoms with E-state index in [-0.39, 0.29) is 0 Å². The molecule has 1 aromatic rings. The van der Waals surface area contributed by atoms with Crippen molar-refractivity contribution in [3.63, 3.8) is 0 Å². The normalized spacial score (nSPS) is 10.1. The zero-order valence-electron chi connectivity index (χ0n) is 8.19. The lowest BCUT2D eigenvalue weighted by Crippen LogP contribution is -1.93. The van der Waals surface area contributed by atoms with Crippen molar-refractivity contribution >= 4 is 12.5 Å². The van der Waals surface area contributed by atoms with Crippen molar-refractivity contribution in [2.75, 3.05) is 7.11 Å². The van der Waals surface area contributed by atoms with Gasteiger partial charge in [0.25, 0.3) is 6.47 Å². The summed E-state index contributed by atoms with van der Waals surface area (Å²) in [4.78, 5) is 10.2. The van der Waals surface area contributed by atoms with Crippen LogP contribution in [0.3, 0.4) is 0 Å². The molecule has 14 heavy (non-hydrogen) atoms. The molecule has 0 radical (unpaired) electrons. The van der Waals surface area contributed by atoms with E-state index in [1.165, 1.54) is 7.11 Å². The first-order valence-corrected chi connectivity index (χ1v) is 4.23. The molecule has 3 heteroatoms. The van der Waals surface area contributed by atoms with Gasteiger partial charge in [-0.15, -0.1) is 0 Å². The number of benzene rings is 1. The Hall–Kier alpha value is -1.77. The maximum atomic E-state index is 10.2. The summed E-state index contributed by atoms with van der Waals surface area (Å²) in [6.45, 7) is 2.31. The lowest BCUT2D eigenvalue weighted by atomic mass is 10.2. The highest BCUT2D eigenvalue weighted by Crippen LogP contribution is 2.27. The minimum absolute atomic E-state index is 0.382. The van der Waals surface area contributed by atoms with Gasteiger partial charge in [-0.25, -0.2) is 0 Å². The fourth-order valence-corrected chi connectivity index (χ4v) is 1.13. The smallest absolute Gasteiger partial charge is 0.298 e. The van der Waals surface area contributed by atoms with Gasteiger partial charge in [0.2, 0.25) is 0 Å². The van der Waals surface area contributed by atoms with Crippen LogP contribution >= 0.6 is 0 Å². The van der Waals surface area contributed by atoms with E-state index in [0.29, 0.717) is 18.0 Å². The number of carbonyl (C=O) groups excluding carboxylic acids is 1. The molecule has 0 unspecified atom stereocenters. The first-order valence-electron chi connectivity index (χ1n) is 4.23. The summed E-state index contributed by atoms with van der Waals surface area (Å²) >= 11 is 0. The van der Waals surface area contributed by atoms with Crippen LogP contribution in [0.1, 0.15) is 12.5 Å². The third-order valence-corrected chi connectivity index (χ3v) is 1.72. The largest absolute Gasteiger partial charge is 0.493 e. The number of carbonyl (C=O) groups is 1. The van der Waals surface area contributed by atoms with E-state index in [4.69, 9.17) is 9.47 Å². The maximum absolute atomic E-state index is 10.2. The molecule has 0 aliphatic heterocycles. The first-order chi connectivity index (χ1) is 6.81. The Morgan fingerprint density at radius 2 is 2.07 bits per heavy atom. The second-order valence-corrected chi connectivity index (χ2v) is 2.62. The highest BCUT2D eigenvalue weighted by Gasteiger charge is 2.03. The van der Waals surface area contributed by atoms with Crippen LogP contribution in [0.25, 0.3) is 6.08 Å². The number of hydrogen-bond donors (Lipinski definition) is 0. The molecule has 0 saturated heterocycles. The molecular formula is C11H12O3. The molecule has 0 atom stereocenters. The van der Waals surface area contributed by atoms with Crippen molar-refractivity contribution in [3.8, 4) is 11.5 Å². The molecule has 0 fully saturated rings. The maximum Gasteiger partial charge on any atom is 0.298 e. The Labute approximate surface area is 83.0 Å². The highest BCUT2D eigenvalue weighted by atomic mass is 16.5. The third kappa shape index (κ3) is 2.36. The van der Waals surface area contributed by atoms with E-state index in [9.17, 15) is 4.79 Å². The molecule has 0 bridgehead atoms. The van der Waals surface area contributed by atoms with Gasteiger partial charge in [0.1, 0.15) is 0 Å². The van der Waals surface area contributed by atoms with E-state index in [1.54, 1.807) is 12.1 Å². The van der Waals surface area contributed by atoms with Gasteiger partial charge in [0.05, 0.1) is 7.11 Å². The van der Waals surface area contributed by atoms with Gasteiger partial charge in [-0.1, -0.05) is 18.2 Å². The fourth-order valence-electron chi connectivity index (χ4n) is 1.13. The van der Waals surface area contributed by atoms with Crippen LogP contribution in [0.5, 0.6) is 11.5 Å². The van der Waals surface area contributed by atoms with Crippen LogP contribution in [0, 0.1) is 0 Å². The predicted octanol–water partition coefficient (Wildman–Crippen LogP) is 2.26. The summed E-state index contributed by atoms with van der Waals surface area (Å²) in [6.07, 6.45) is 3.86. The molecule has 0 aliphatic carbocycles. The SMILES string of the molecule is CC=Cc1ccc(OC=O)c(OC)c1. The lowest BCUT2D eigenvalue weighted by Gasteiger charge is -2.06. The summed E-state index contributed by atoms with van der Waals surface area (Å²) in [5, 5.41) is 0. The Kier molecular flexibility index (Phi) is 3.73. The van der Waals surface area contributed by atoms with Gasteiger partial charge in [-0.2, -0.15) is 0 Å². The van der Waals surface area contributed by atoms with Crippen LogP contribution in [0.2, 0.25) is 0 Å². The molecule has 0 amide bonds. The highest BCUT2D eigenvalue weighted by molar-refractivity contribution is 5.58. The van der Waals surface area contributed by atoms with Crippen molar-refractivity contribution in [2.24, 2.45) is 0 Å².